The van der Waals surface area contributed by atoms with E-state index in [1.807, 2.05) is 0 Å². The van der Waals surface area contributed by atoms with Crippen molar-refractivity contribution in [1.82, 2.24) is 0 Å². The number of rotatable bonds is 0. The molecule has 1 aliphatic heterocycles. The Hall–Kier alpha value is -0.420. The molecule has 0 fully saturated rings. The summed E-state index contributed by atoms with van der Waals surface area (Å²) >= 11 is 0. The van der Waals surface area contributed by atoms with Crippen LogP contribution in [0, 0.1) is 0 Å². The molecule has 0 aromatic heterocycles. The average molecular weight is 130 g/mol. The molecular formula is CN4P2. The highest BCUT2D eigenvalue weighted by Crippen LogP contribution is 2.11. The zero-order chi connectivity index (χ0) is 4.95. The molecule has 1 heterocycles. The Morgan fingerprint density at radius 2 is 2.43 bits per heavy atom. The smallest absolute Gasteiger partial charge is 0.175 e. The van der Waals surface area contributed by atoms with E-state index in [4.69, 9.17) is 0 Å². The molecule has 6 heteroatoms. The maximum atomic E-state index is 3.75. The fourth-order valence-electron chi connectivity index (χ4n) is 0.136. The van der Waals surface area contributed by atoms with Crippen LogP contribution in [0.1, 0.15) is 0 Å². The molecule has 0 aliphatic carbocycles. The molecule has 0 unspecified atom stereocenters. The molecule has 0 saturated heterocycles. The molecule has 34 valence electrons. The third-order valence-electron chi connectivity index (χ3n) is 0.299. The Kier molecular flexibility index (Phi) is 1.83. The molecule has 0 amide bonds. The summed E-state index contributed by atoms with van der Waals surface area (Å²) in [6.07, 6.45) is 0. The number of hydrogen-bond acceptors (Lipinski definition) is 4. The highest BCUT2D eigenvalue weighted by molar-refractivity contribution is 7.43. The van der Waals surface area contributed by atoms with Gasteiger partial charge in [0, 0.05) is 0 Å². The van der Waals surface area contributed by atoms with Crippen LogP contribution >= 0.6 is 16.9 Å². The molecule has 0 bridgehead atoms. The molecule has 0 radical (unpaired) electrons. The summed E-state index contributed by atoms with van der Waals surface area (Å²) in [5.41, 5.74) is 2.51. The van der Waals surface area contributed by atoms with Gasteiger partial charge in [-0.1, -0.05) is 9.99 Å². The molecule has 0 spiro atoms. The van der Waals surface area contributed by atoms with Crippen LogP contribution in [0.3, 0.4) is 0 Å². The molecule has 4 nitrogen and oxygen atoms in total. The van der Waals surface area contributed by atoms with Gasteiger partial charge in [-0.25, -0.2) is 0 Å². The van der Waals surface area contributed by atoms with Gasteiger partial charge in [-0.15, -0.1) is 0 Å². The predicted octanol–water partition coefficient (Wildman–Crippen LogP) is 2.18. The second kappa shape index (κ2) is 2.70. The van der Waals surface area contributed by atoms with E-state index < -0.39 is 0 Å². The van der Waals surface area contributed by atoms with Crippen molar-refractivity contribution < 1.29 is 0 Å². The maximum Gasteiger partial charge on any atom is 0.185 e. The van der Waals surface area contributed by atoms with Crippen molar-refractivity contribution in [2.75, 3.05) is 0 Å². The molecule has 0 atom stereocenters. The lowest BCUT2D eigenvalue weighted by molar-refractivity contribution is 1.13. The second-order valence-corrected chi connectivity index (χ2v) is 2.13. The van der Waals surface area contributed by atoms with Crippen molar-refractivity contribution in [3.05, 3.63) is 0 Å². The van der Waals surface area contributed by atoms with Crippen molar-refractivity contribution in [1.29, 1.82) is 0 Å². The van der Waals surface area contributed by atoms with Gasteiger partial charge in [0.1, 0.15) is 8.35 Å². The van der Waals surface area contributed by atoms with Crippen LogP contribution in [0.4, 0.5) is 0 Å². The third kappa shape index (κ3) is 1.65. The van der Waals surface area contributed by atoms with Gasteiger partial charge in [0.15, 0.2) is 8.52 Å². The lowest BCUT2D eigenvalue weighted by Gasteiger charge is -1.56. The fourth-order valence-corrected chi connectivity index (χ4v) is 0.755. The summed E-state index contributed by atoms with van der Waals surface area (Å²) in [5, 5.41) is 6.66. The molecule has 1 aliphatic rings. The lowest BCUT2D eigenvalue weighted by atomic mass is 11.7. The standard InChI is InChI=1S/CN4P2/c1-2-3-4-7-5-6-1. The average Bonchev–Trinajstić information content (AvgIpc) is 1.90. The van der Waals surface area contributed by atoms with Crippen molar-refractivity contribution in [3.8, 4) is 0 Å². The van der Waals surface area contributed by atoms with Crippen LogP contribution in [0.15, 0.2) is 19.7 Å². The van der Waals surface area contributed by atoms with Crippen LogP contribution in [0.2, 0.25) is 0 Å². The van der Waals surface area contributed by atoms with Crippen LogP contribution in [0.5, 0.6) is 0 Å². The monoisotopic (exact) mass is 130 g/mol. The molecule has 7 heavy (non-hydrogen) atoms. The van der Waals surface area contributed by atoms with E-state index in [-0.39, 0.29) is 0 Å². The molecular weight excluding hydrogens is 130 g/mol. The van der Waals surface area contributed by atoms with Gasteiger partial charge in [-0.3, -0.25) is 0 Å². The van der Waals surface area contributed by atoms with Crippen molar-refractivity contribution in [3.63, 3.8) is 0 Å². The first-order chi connectivity index (χ1) is 3.50. The van der Waals surface area contributed by atoms with E-state index in [0.717, 1.165) is 0 Å². The summed E-state index contributed by atoms with van der Waals surface area (Å²) in [6.45, 7) is 0. The minimum Gasteiger partial charge on any atom is -0.175 e. The molecule has 1 rings (SSSR count). The van der Waals surface area contributed by atoms with E-state index in [1.165, 1.54) is 0 Å². The van der Waals surface area contributed by atoms with E-state index in [1.54, 1.807) is 0 Å². The normalized spacial score (nSPS) is 19.4. The Morgan fingerprint density at radius 3 is 3.43 bits per heavy atom. The summed E-state index contributed by atoms with van der Waals surface area (Å²) in [6, 6.07) is 0. The van der Waals surface area contributed by atoms with Crippen LogP contribution in [-0.2, 0) is 0 Å². The Morgan fingerprint density at radius 1 is 1.43 bits per heavy atom. The first-order valence-electron chi connectivity index (χ1n) is 1.45. The minimum absolute atomic E-state index is 0.620. The highest BCUT2D eigenvalue weighted by atomic mass is 31.1. The molecule has 0 aromatic rings. The van der Waals surface area contributed by atoms with Gasteiger partial charge >= 0.3 is 0 Å². The first kappa shape index (κ1) is 4.73. The van der Waals surface area contributed by atoms with E-state index in [0.29, 0.717) is 16.9 Å². The van der Waals surface area contributed by atoms with Gasteiger partial charge in [0.25, 0.3) is 0 Å². The number of nitrogens with zero attached hydrogens (tertiary/aromatic N) is 4. The Balaban J connectivity index is 2.86. The second-order valence-electron chi connectivity index (χ2n) is 0.658. The predicted molar refractivity (Wildman–Crippen MR) is 28.6 cm³/mol. The van der Waals surface area contributed by atoms with Crippen LogP contribution in [-0.4, -0.2) is 5.59 Å². The van der Waals surface area contributed by atoms with Gasteiger partial charge in [-0.05, 0) is 5.22 Å². The summed E-state index contributed by atoms with van der Waals surface area (Å²) in [7, 11) is 1.33. The van der Waals surface area contributed by atoms with Gasteiger partial charge in [0.05, 0.1) is 5.59 Å². The summed E-state index contributed by atoms with van der Waals surface area (Å²) in [4.78, 5) is 3.47. The quantitative estimate of drug-likeness (QED) is 0.451. The zero-order valence-electron chi connectivity index (χ0n) is 3.18. The Labute approximate surface area is 43.2 Å². The number of hydrogen-bond donors (Lipinski definition) is 0. The minimum atomic E-state index is 0.620. The van der Waals surface area contributed by atoms with Crippen molar-refractivity contribution in [2.45, 2.75) is 0 Å². The van der Waals surface area contributed by atoms with Crippen LogP contribution < -0.4 is 0 Å². The molecule has 0 N–H and O–H groups in total. The SMILES string of the molecule is C1=NN=NP=NP=1. The first-order valence-corrected chi connectivity index (χ1v) is 3.09. The van der Waals surface area contributed by atoms with E-state index >= 15 is 0 Å². The van der Waals surface area contributed by atoms with Crippen molar-refractivity contribution in [2.24, 2.45) is 19.7 Å². The van der Waals surface area contributed by atoms with E-state index in [2.05, 4.69) is 25.3 Å². The molecule has 0 saturated carbocycles. The van der Waals surface area contributed by atoms with E-state index in [9.17, 15) is 0 Å². The van der Waals surface area contributed by atoms with Crippen LogP contribution in [0.25, 0.3) is 0 Å². The molecule has 0 aromatic carbocycles. The summed E-state index contributed by atoms with van der Waals surface area (Å²) in [5.74, 6) is 0. The van der Waals surface area contributed by atoms with Gasteiger partial charge in [0.2, 0.25) is 0 Å². The Bertz CT molecular complexity index is 147. The summed E-state index contributed by atoms with van der Waals surface area (Å²) < 4.78 is 3.75. The third-order valence-corrected chi connectivity index (χ3v) is 1.32. The van der Waals surface area contributed by atoms with Gasteiger partial charge in [-0.2, -0.15) is 4.52 Å². The van der Waals surface area contributed by atoms with Crippen molar-refractivity contribution >= 4 is 22.5 Å². The van der Waals surface area contributed by atoms with Gasteiger partial charge < -0.3 is 0 Å². The largest absolute Gasteiger partial charge is 0.185 e. The zero-order valence-corrected chi connectivity index (χ0v) is 4.97. The topological polar surface area (TPSA) is 49.4 Å². The maximum absolute atomic E-state index is 3.75. The highest BCUT2D eigenvalue weighted by Gasteiger charge is 1.68. The lowest BCUT2D eigenvalue weighted by Crippen LogP contribution is -1.35. The fraction of sp³-hybridized carbons (Fsp3) is 0.